The zero-order valence-corrected chi connectivity index (χ0v) is 19.9. The van der Waals surface area contributed by atoms with Gasteiger partial charge >= 0.3 is 0 Å². The van der Waals surface area contributed by atoms with E-state index in [-0.39, 0.29) is 29.9 Å². The lowest BCUT2D eigenvalue weighted by atomic mass is 9.85. The fourth-order valence-electron chi connectivity index (χ4n) is 4.18. The van der Waals surface area contributed by atoms with E-state index < -0.39 is 10.0 Å². The third-order valence-corrected chi connectivity index (χ3v) is 7.75. The Morgan fingerprint density at radius 3 is 2.76 bits per heavy atom. The van der Waals surface area contributed by atoms with Crippen molar-refractivity contribution >= 4 is 27.3 Å². The number of ether oxygens (including phenoxy) is 1. The highest BCUT2D eigenvalue weighted by atomic mass is 32.2. The topological polar surface area (TPSA) is 115 Å². The summed E-state index contributed by atoms with van der Waals surface area (Å²) in [5.74, 6) is 1.37. The van der Waals surface area contributed by atoms with Crippen molar-refractivity contribution < 1.29 is 22.5 Å². The molecule has 0 atom stereocenters. The van der Waals surface area contributed by atoms with E-state index in [1.807, 2.05) is 32.0 Å². The third-order valence-electron chi connectivity index (χ3n) is 6.40. The number of aromatic nitrogens is 2. The van der Waals surface area contributed by atoms with E-state index in [1.165, 1.54) is 17.0 Å². The number of anilines is 2. The summed E-state index contributed by atoms with van der Waals surface area (Å²) < 4.78 is 40.2. The summed E-state index contributed by atoms with van der Waals surface area (Å²) in [4.78, 5) is 18.6. The molecule has 1 fully saturated rings. The maximum atomic E-state index is 13.3. The van der Waals surface area contributed by atoms with Crippen LogP contribution >= 0.6 is 0 Å². The second-order valence-electron chi connectivity index (χ2n) is 8.64. The van der Waals surface area contributed by atoms with Crippen LogP contribution in [0.15, 0.2) is 45.8 Å². The summed E-state index contributed by atoms with van der Waals surface area (Å²) in [6.45, 7) is 3.76. The van der Waals surface area contributed by atoms with Crippen molar-refractivity contribution in [1.82, 2.24) is 10.1 Å². The summed E-state index contributed by atoms with van der Waals surface area (Å²) in [6, 6.07) is 10.2. The number of hydrogen-bond donors (Lipinski definition) is 1. The molecule has 5 rings (SSSR count). The maximum absolute atomic E-state index is 13.3. The molecule has 0 radical (unpaired) electrons. The molecule has 2 heterocycles. The molecule has 34 heavy (non-hydrogen) atoms. The summed E-state index contributed by atoms with van der Waals surface area (Å²) in [5.41, 5.74) is 2.67. The van der Waals surface area contributed by atoms with E-state index in [1.54, 1.807) is 6.07 Å². The van der Waals surface area contributed by atoms with Crippen LogP contribution in [0.2, 0.25) is 0 Å². The molecule has 1 saturated carbocycles. The zero-order chi connectivity index (χ0) is 23.9. The number of rotatable bonds is 7. The van der Waals surface area contributed by atoms with Crippen LogP contribution in [-0.4, -0.2) is 31.1 Å². The lowest BCUT2D eigenvalue weighted by Gasteiger charge is -2.29. The van der Waals surface area contributed by atoms with Crippen LogP contribution < -0.4 is 14.4 Å². The third kappa shape index (κ3) is 4.13. The molecule has 0 spiro atoms. The summed E-state index contributed by atoms with van der Waals surface area (Å²) in [6.07, 6.45) is 3.88. The molecule has 178 valence electrons. The number of carbonyl (C=O) groups is 1. The van der Waals surface area contributed by atoms with Gasteiger partial charge in [-0.25, -0.2) is 8.42 Å². The average molecular weight is 483 g/mol. The Bertz CT molecular complexity index is 1350. The molecule has 3 aromatic rings. The highest BCUT2D eigenvalue weighted by Crippen LogP contribution is 2.37. The predicted octanol–water partition coefficient (Wildman–Crippen LogP) is 3.93. The fraction of sp³-hybridized carbons (Fsp3) is 0.375. The minimum Gasteiger partial charge on any atom is -0.482 e. The number of amides is 1. The van der Waals surface area contributed by atoms with Gasteiger partial charge in [0, 0.05) is 5.92 Å². The van der Waals surface area contributed by atoms with Crippen molar-refractivity contribution in [3.8, 4) is 5.75 Å². The van der Waals surface area contributed by atoms with E-state index in [2.05, 4.69) is 14.9 Å². The molecule has 0 unspecified atom stereocenters. The second kappa shape index (κ2) is 8.75. The van der Waals surface area contributed by atoms with Crippen LogP contribution in [-0.2, 0) is 27.8 Å². The number of aryl methyl sites for hydroxylation is 2. The monoisotopic (exact) mass is 482 g/mol. The van der Waals surface area contributed by atoms with Gasteiger partial charge in [-0.05, 0) is 55.5 Å². The minimum absolute atomic E-state index is 0.0307. The molecule has 1 aliphatic carbocycles. The standard InChI is InChI=1S/C24H26N4O5S/c1-3-16-7-4-6-15(2)23(16)27-34(30,31)18-10-11-20-19(12-18)28(22(29)14-32-20)13-21-25-24(33-26-21)17-8-5-9-17/h4,6-7,10-12,17,27H,3,5,8-9,13-14H2,1-2H3. The summed E-state index contributed by atoms with van der Waals surface area (Å²) in [5, 5.41) is 4.02. The van der Waals surface area contributed by atoms with Gasteiger partial charge in [-0.15, -0.1) is 0 Å². The molecule has 1 amide bonds. The molecule has 0 bridgehead atoms. The first kappa shape index (κ1) is 22.4. The van der Waals surface area contributed by atoms with E-state index in [0.717, 1.165) is 30.4 Å². The Kier molecular flexibility index (Phi) is 5.76. The van der Waals surface area contributed by atoms with Crippen LogP contribution in [0, 0.1) is 6.92 Å². The molecule has 2 aromatic carbocycles. The molecule has 10 heteroatoms. The van der Waals surface area contributed by atoms with Crippen LogP contribution in [0.5, 0.6) is 5.75 Å². The van der Waals surface area contributed by atoms with Gasteiger partial charge in [0.15, 0.2) is 12.4 Å². The molecular formula is C24H26N4O5S. The Balaban J connectivity index is 1.45. The van der Waals surface area contributed by atoms with Crippen molar-refractivity contribution in [2.45, 2.75) is 56.9 Å². The number of hydrogen-bond acceptors (Lipinski definition) is 7. The average Bonchev–Trinajstić information content (AvgIpc) is 3.23. The van der Waals surface area contributed by atoms with E-state index in [9.17, 15) is 13.2 Å². The first-order chi connectivity index (χ1) is 16.4. The van der Waals surface area contributed by atoms with Crippen molar-refractivity contribution in [3.05, 3.63) is 59.2 Å². The lowest BCUT2D eigenvalue weighted by Crippen LogP contribution is -2.38. The molecule has 9 nitrogen and oxygen atoms in total. The van der Waals surface area contributed by atoms with Gasteiger partial charge in [0.05, 0.1) is 22.8 Å². The van der Waals surface area contributed by atoms with Crippen molar-refractivity contribution in [2.75, 3.05) is 16.2 Å². The highest BCUT2D eigenvalue weighted by Gasteiger charge is 2.31. The second-order valence-corrected chi connectivity index (χ2v) is 10.3. The van der Waals surface area contributed by atoms with Crippen molar-refractivity contribution in [3.63, 3.8) is 0 Å². The van der Waals surface area contributed by atoms with Gasteiger partial charge in [0.2, 0.25) is 5.89 Å². The number of carbonyl (C=O) groups excluding carboxylic acids is 1. The quantitative estimate of drug-likeness (QED) is 0.542. The fourth-order valence-corrected chi connectivity index (χ4v) is 5.37. The number of nitrogens with one attached hydrogen (secondary N) is 1. The van der Waals surface area contributed by atoms with Crippen molar-refractivity contribution in [1.29, 1.82) is 0 Å². The van der Waals surface area contributed by atoms with Crippen LogP contribution in [0.1, 0.15) is 54.9 Å². The van der Waals surface area contributed by atoms with Crippen LogP contribution in [0.25, 0.3) is 0 Å². The predicted molar refractivity (Wildman–Crippen MR) is 125 cm³/mol. The van der Waals surface area contributed by atoms with E-state index in [4.69, 9.17) is 9.26 Å². The summed E-state index contributed by atoms with van der Waals surface area (Å²) >= 11 is 0. The first-order valence-corrected chi connectivity index (χ1v) is 12.8. The smallest absolute Gasteiger partial charge is 0.265 e. The van der Waals surface area contributed by atoms with Crippen molar-refractivity contribution in [2.24, 2.45) is 0 Å². The Hall–Kier alpha value is -3.40. The molecule has 2 aliphatic rings. The molecule has 1 N–H and O–H groups in total. The minimum atomic E-state index is -3.91. The summed E-state index contributed by atoms with van der Waals surface area (Å²) in [7, 11) is -3.91. The normalized spacial score (nSPS) is 16.1. The SMILES string of the molecule is CCc1cccc(C)c1NS(=O)(=O)c1ccc2c(c1)N(Cc1noc(C3CCC3)n1)C(=O)CO2. The molecule has 1 aliphatic heterocycles. The van der Waals surface area contributed by atoms with Gasteiger partial charge in [-0.1, -0.05) is 36.7 Å². The largest absolute Gasteiger partial charge is 0.482 e. The van der Waals surface area contributed by atoms with E-state index in [0.29, 0.717) is 35.3 Å². The van der Waals surface area contributed by atoms with Gasteiger partial charge in [0.25, 0.3) is 15.9 Å². The van der Waals surface area contributed by atoms with Gasteiger partial charge in [-0.2, -0.15) is 4.98 Å². The molecular weight excluding hydrogens is 456 g/mol. The number of para-hydroxylation sites is 1. The van der Waals surface area contributed by atoms with Crippen LogP contribution in [0.3, 0.4) is 0 Å². The highest BCUT2D eigenvalue weighted by molar-refractivity contribution is 7.92. The lowest BCUT2D eigenvalue weighted by molar-refractivity contribution is -0.121. The number of benzene rings is 2. The van der Waals surface area contributed by atoms with E-state index >= 15 is 0 Å². The number of sulfonamides is 1. The van der Waals surface area contributed by atoms with Gasteiger partial charge in [0.1, 0.15) is 5.75 Å². The first-order valence-electron chi connectivity index (χ1n) is 11.4. The zero-order valence-electron chi connectivity index (χ0n) is 19.1. The Labute approximate surface area is 198 Å². The maximum Gasteiger partial charge on any atom is 0.265 e. The molecule has 0 saturated heterocycles. The molecule has 1 aromatic heterocycles. The Morgan fingerprint density at radius 2 is 2.03 bits per heavy atom. The van der Waals surface area contributed by atoms with Crippen LogP contribution in [0.4, 0.5) is 11.4 Å². The number of nitrogens with zero attached hydrogens (tertiary/aromatic N) is 3. The Morgan fingerprint density at radius 1 is 1.21 bits per heavy atom. The van der Waals surface area contributed by atoms with Gasteiger partial charge in [-0.3, -0.25) is 14.4 Å². The van der Waals surface area contributed by atoms with Gasteiger partial charge < -0.3 is 9.26 Å². The number of fused-ring (bicyclic) bond motifs is 1.